The van der Waals surface area contributed by atoms with Gasteiger partial charge in [0.25, 0.3) is 0 Å². The molecule has 1 N–H and O–H groups in total. The lowest BCUT2D eigenvalue weighted by molar-refractivity contribution is 0.330. The maximum absolute atomic E-state index is 4.46. The summed E-state index contributed by atoms with van der Waals surface area (Å²) >= 11 is 0. The van der Waals surface area contributed by atoms with Gasteiger partial charge in [0, 0.05) is 18.8 Å². The first-order chi connectivity index (χ1) is 7.85. The Bertz CT molecular complexity index is 358. The normalized spacial score (nSPS) is 32.4. The second-order valence-electron chi connectivity index (χ2n) is 5.33. The molecule has 1 aromatic heterocycles. The Hall–Kier alpha value is -0.830. The summed E-state index contributed by atoms with van der Waals surface area (Å²) in [6.45, 7) is 4.46. The first kappa shape index (κ1) is 10.3. The van der Waals surface area contributed by atoms with E-state index in [2.05, 4.69) is 28.0 Å². The molecule has 1 saturated heterocycles. The molecule has 16 heavy (non-hydrogen) atoms. The number of hydrogen-bond donors (Lipinski definition) is 1. The lowest BCUT2D eigenvalue weighted by Gasteiger charge is -2.21. The Morgan fingerprint density at radius 3 is 3.06 bits per heavy atom. The van der Waals surface area contributed by atoms with Gasteiger partial charge in [-0.15, -0.1) is 0 Å². The van der Waals surface area contributed by atoms with Crippen molar-refractivity contribution in [3.63, 3.8) is 0 Å². The molecular weight excluding hydrogens is 198 g/mol. The van der Waals surface area contributed by atoms with Crippen molar-refractivity contribution >= 4 is 0 Å². The number of hydrogen-bond acceptors (Lipinski definition) is 2. The summed E-state index contributed by atoms with van der Waals surface area (Å²) < 4.78 is 2.16. The third-order valence-corrected chi connectivity index (χ3v) is 4.33. The first-order valence-electron chi connectivity index (χ1n) is 6.59. The maximum atomic E-state index is 4.46. The molecule has 1 aliphatic carbocycles. The van der Waals surface area contributed by atoms with E-state index in [-0.39, 0.29) is 0 Å². The zero-order chi connectivity index (χ0) is 11.0. The molecule has 1 aromatic rings. The quantitative estimate of drug-likeness (QED) is 0.837. The van der Waals surface area contributed by atoms with Crippen LogP contribution in [0.3, 0.4) is 0 Å². The molecule has 0 amide bonds. The van der Waals surface area contributed by atoms with Crippen molar-refractivity contribution in [3.8, 4) is 0 Å². The molecule has 1 aliphatic heterocycles. The highest BCUT2D eigenvalue weighted by Crippen LogP contribution is 2.38. The summed E-state index contributed by atoms with van der Waals surface area (Å²) in [6, 6.07) is 0.836. The Kier molecular flexibility index (Phi) is 2.72. The van der Waals surface area contributed by atoms with E-state index in [1.54, 1.807) is 0 Å². The second kappa shape index (κ2) is 4.21. The van der Waals surface area contributed by atoms with E-state index >= 15 is 0 Å². The van der Waals surface area contributed by atoms with Gasteiger partial charge in [-0.2, -0.15) is 0 Å². The number of nitrogens with zero attached hydrogens (tertiary/aromatic N) is 2. The summed E-state index contributed by atoms with van der Waals surface area (Å²) in [5.41, 5.74) is 1.28. The van der Waals surface area contributed by atoms with E-state index in [1.807, 2.05) is 6.33 Å². The van der Waals surface area contributed by atoms with Crippen LogP contribution in [0.15, 0.2) is 12.5 Å². The van der Waals surface area contributed by atoms with Crippen molar-refractivity contribution in [2.45, 2.75) is 45.2 Å². The minimum atomic E-state index is 0.836. The molecule has 2 bridgehead atoms. The van der Waals surface area contributed by atoms with Crippen LogP contribution < -0.4 is 5.32 Å². The lowest BCUT2D eigenvalue weighted by atomic mass is 9.90. The van der Waals surface area contributed by atoms with Crippen LogP contribution in [0, 0.1) is 11.8 Å². The highest BCUT2D eigenvalue weighted by atomic mass is 15.0. The number of piperidine rings is 1. The fourth-order valence-electron chi connectivity index (χ4n) is 3.34. The number of fused-ring (bicyclic) bond motifs is 2. The van der Waals surface area contributed by atoms with Gasteiger partial charge >= 0.3 is 0 Å². The molecule has 2 aliphatic rings. The smallest absolute Gasteiger partial charge is 0.0949 e. The summed E-state index contributed by atoms with van der Waals surface area (Å²) in [7, 11) is 0. The van der Waals surface area contributed by atoms with Crippen molar-refractivity contribution in [1.82, 2.24) is 14.9 Å². The summed E-state index contributed by atoms with van der Waals surface area (Å²) in [5.74, 6) is 1.91. The van der Waals surface area contributed by atoms with Crippen LogP contribution in [0.25, 0.3) is 0 Å². The zero-order valence-electron chi connectivity index (χ0n) is 10.0. The number of imidazole rings is 1. The fourth-order valence-corrected chi connectivity index (χ4v) is 3.34. The van der Waals surface area contributed by atoms with Gasteiger partial charge < -0.3 is 9.88 Å². The summed E-state index contributed by atoms with van der Waals surface area (Å²) in [4.78, 5) is 4.46. The van der Waals surface area contributed by atoms with Gasteiger partial charge in [-0.3, -0.25) is 0 Å². The van der Waals surface area contributed by atoms with Gasteiger partial charge in [0.15, 0.2) is 0 Å². The van der Waals surface area contributed by atoms with Crippen LogP contribution in [0.2, 0.25) is 0 Å². The molecule has 88 valence electrons. The lowest BCUT2D eigenvalue weighted by Crippen LogP contribution is -2.29. The third kappa shape index (κ3) is 1.88. The van der Waals surface area contributed by atoms with E-state index in [1.165, 1.54) is 37.9 Å². The van der Waals surface area contributed by atoms with E-state index in [4.69, 9.17) is 0 Å². The van der Waals surface area contributed by atoms with Crippen LogP contribution in [0.4, 0.5) is 0 Å². The number of aromatic nitrogens is 2. The predicted octanol–water partition coefficient (Wildman–Crippen LogP) is 1.83. The van der Waals surface area contributed by atoms with Gasteiger partial charge in [0.1, 0.15) is 0 Å². The van der Waals surface area contributed by atoms with Crippen LogP contribution in [-0.4, -0.2) is 22.1 Å². The van der Waals surface area contributed by atoms with Crippen LogP contribution in [0.5, 0.6) is 0 Å². The molecule has 2 fully saturated rings. The molecule has 2 heterocycles. The largest absolute Gasteiger partial charge is 0.337 e. The number of rotatable bonds is 4. The molecular formula is C13H21N3. The zero-order valence-corrected chi connectivity index (χ0v) is 10.0. The molecule has 2 unspecified atom stereocenters. The molecule has 3 heteroatoms. The Morgan fingerprint density at radius 2 is 2.44 bits per heavy atom. The summed E-state index contributed by atoms with van der Waals surface area (Å²) in [5, 5.41) is 3.58. The van der Waals surface area contributed by atoms with Crippen molar-refractivity contribution in [1.29, 1.82) is 0 Å². The van der Waals surface area contributed by atoms with Gasteiger partial charge in [-0.25, -0.2) is 4.98 Å². The molecule has 3 rings (SSSR count). The van der Waals surface area contributed by atoms with Crippen LogP contribution in [0.1, 0.15) is 31.9 Å². The molecule has 0 spiro atoms. The minimum absolute atomic E-state index is 0.836. The molecule has 3 atom stereocenters. The molecule has 0 aromatic carbocycles. The highest BCUT2D eigenvalue weighted by molar-refractivity contribution is 5.00. The average molecular weight is 219 g/mol. The highest BCUT2D eigenvalue weighted by Gasteiger charge is 2.38. The fraction of sp³-hybridized carbons (Fsp3) is 0.769. The van der Waals surface area contributed by atoms with Crippen molar-refractivity contribution in [2.75, 3.05) is 6.54 Å². The SMILES string of the molecule is CCn1cnc(CCC2CC3C[C@H]2CN3)c1. The summed E-state index contributed by atoms with van der Waals surface area (Å²) in [6.07, 6.45) is 9.49. The second-order valence-corrected chi connectivity index (χ2v) is 5.33. The van der Waals surface area contributed by atoms with Crippen LogP contribution >= 0.6 is 0 Å². The topological polar surface area (TPSA) is 29.9 Å². The molecule has 0 radical (unpaired) electrons. The maximum Gasteiger partial charge on any atom is 0.0949 e. The number of aryl methyl sites for hydroxylation is 2. The van der Waals surface area contributed by atoms with Gasteiger partial charge in [0.05, 0.1) is 12.0 Å². The van der Waals surface area contributed by atoms with Gasteiger partial charge in [-0.05, 0) is 51.0 Å². The monoisotopic (exact) mass is 219 g/mol. The van der Waals surface area contributed by atoms with E-state index in [0.29, 0.717) is 0 Å². The molecule has 1 saturated carbocycles. The Morgan fingerprint density at radius 1 is 1.50 bits per heavy atom. The average Bonchev–Trinajstić information content (AvgIpc) is 3.02. The Labute approximate surface area is 97.3 Å². The number of nitrogens with one attached hydrogen (secondary N) is 1. The van der Waals surface area contributed by atoms with Crippen molar-refractivity contribution < 1.29 is 0 Å². The van der Waals surface area contributed by atoms with Crippen LogP contribution in [-0.2, 0) is 13.0 Å². The standard InChI is InChI=1S/C13H21N3/c1-2-16-8-12(15-9-16)4-3-10-5-13-6-11(10)7-14-13/h8-11,13-14H,2-7H2,1H3/t10?,11-,13?/m0/s1. The van der Waals surface area contributed by atoms with Gasteiger partial charge in [-0.1, -0.05) is 0 Å². The molecule has 3 nitrogen and oxygen atoms in total. The minimum Gasteiger partial charge on any atom is -0.337 e. The predicted molar refractivity (Wildman–Crippen MR) is 64.2 cm³/mol. The Balaban J connectivity index is 1.53. The van der Waals surface area contributed by atoms with Crippen molar-refractivity contribution in [3.05, 3.63) is 18.2 Å². The van der Waals surface area contributed by atoms with E-state index < -0.39 is 0 Å². The third-order valence-electron chi connectivity index (χ3n) is 4.33. The van der Waals surface area contributed by atoms with E-state index in [9.17, 15) is 0 Å². The first-order valence-corrected chi connectivity index (χ1v) is 6.59. The van der Waals surface area contributed by atoms with Crippen molar-refractivity contribution in [2.24, 2.45) is 11.8 Å². The van der Waals surface area contributed by atoms with Gasteiger partial charge in [0.2, 0.25) is 0 Å². The van der Waals surface area contributed by atoms with E-state index in [0.717, 1.165) is 24.4 Å².